The molecule has 0 aliphatic heterocycles. The number of hydrogen-bond donors (Lipinski definition) is 2. The van der Waals surface area contributed by atoms with Crippen molar-refractivity contribution < 1.29 is 14.7 Å². The smallest absolute Gasteiger partial charge is 0.310 e. The number of carbonyl (C=O) groups excluding carboxylic acids is 1. The summed E-state index contributed by atoms with van der Waals surface area (Å²) in [5, 5.41) is 11.8. The van der Waals surface area contributed by atoms with E-state index in [-0.39, 0.29) is 5.91 Å². The van der Waals surface area contributed by atoms with Crippen LogP contribution in [0.25, 0.3) is 0 Å². The van der Waals surface area contributed by atoms with Crippen LogP contribution in [0.3, 0.4) is 0 Å². The van der Waals surface area contributed by atoms with Crippen molar-refractivity contribution in [2.24, 2.45) is 0 Å². The highest BCUT2D eigenvalue weighted by Gasteiger charge is 2.13. The summed E-state index contributed by atoms with van der Waals surface area (Å²) in [5.74, 6) is -1.47. The fourth-order valence-electron chi connectivity index (χ4n) is 2.35. The number of nitrogens with one attached hydrogen (secondary N) is 1. The Kier molecular flexibility index (Phi) is 5.52. The predicted octanol–water partition coefficient (Wildman–Crippen LogP) is 3.75. The number of carboxylic acids is 1. The van der Waals surface area contributed by atoms with Crippen LogP contribution in [0.5, 0.6) is 0 Å². The highest BCUT2D eigenvalue weighted by molar-refractivity contribution is 5.90. The Morgan fingerprint density at radius 2 is 1.83 bits per heavy atom. The van der Waals surface area contributed by atoms with E-state index in [1.165, 1.54) is 5.56 Å². The van der Waals surface area contributed by atoms with Gasteiger partial charge in [0.05, 0.1) is 5.92 Å². The Morgan fingerprint density at radius 3 is 2.43 bits per heavy atom. The molecule has 0 saturated heterocycles. The molecule has 4 heteroatoms. The maximum absolute atomic E-state index is 12.0. The van der Waals surface area contributed by atoms with Crippen LogP contribution in [0.15, 0.2) is 48.5 Å². The first-order valence-corrected chi connectivity index (χ1v) is 7.64. The fourth-order valence-corrected chi connectivity index (χ4v) is 2.35. The number of anilines is 1. The van der Waals surface area contributed by atoms with E-state index in [4.69, 9.17) is 5.11 Å². The second kappa shape index (κ2) is 7.58. The lowest BCUT2D eigenvalue weighted by atomic mass is 10.0. The summed E-state index contributed by atoms with van der Waals surface area (Å²) in [5.41, 5.74) is 3.73. The monoisotopic (exact) mass is 311 g/mol. The van der Waals surface area contributed by atoms with Gasteiger partial charge < -0.3 is 10.4 Å². The SMILES string of the molecule is Cc1cccc(CCC(=O)Nc2ccc(C(C)C(=O)O)cc2)c1. The number of rotatable bonds is 6. The average molecular weight is 311 g/mol. The topological polar surface area (TPSA) is 66.4 Å². The van der Waals surface area contributed by atoms with Crippen LogP contribution >= 0.6 is 0 Å². The molecule has 120 valence electrons. The van der Waals surface area contributed by atoms with Crippen molar-refractivity contribution in [3.63, 3.8) is 0 Å². The Bertz CT molecular complexity index is 692. The number of carbonyl (C=O) groups is 2. The number of hydrogen-bond acceptors (Lipinski definition) is 2. The maximum Gasteiger partial charge on any atom is 0.310 e. The first-order valence-electron chi connectivity index (χ1n) is 7.64. The summed E-state index contributed by atoms with van der Waals surface area (Å²) in [4.78, 5) is 22.9. The summed E-state index contributed by atoms with van der Waals surface area (Å²) in [6.45, 7) is 3.67. The highest BCUT2D eigenvalue weighted by atomic mass is 16.4. The molecule has 0 spiro atoms. The normalized spacial score (nSPS) is 11.7. The van der Waals surface area contributed by atoms with Crippen molar-refractivity contribution in [3.8, 4) is 0 Å². The number of amides is 1. The number of carboxylic acid groups (broad SMARTS) is 1. The van der Waals surface area contributed by atoms with Gasteiger partial charge in [-0.05, 0) is 43.5 Å². The third kappa shape index (κ3) is 4.95. The molecule has 2 N–H and O–H groups in total. The molecule has 0 saturated carbocycles. The van der Waals surface area contributed by atoms with Crippen molar-refractivity contribution in [2.75, 3.05) is 5.32 Å². The van der Waals surface area contributed by atoms with Crippen LogP contribution in [-0.4, -0.2) is 17.0 Å². The van der Waals surface area contributed by atoms with E-state index < -0.39 is 11.9 Å². The van der Waals surface area contributed by atoms with Gasteiger partial charge in [0.1, 0.15) is 0 Å². The van der Waals surface area contributed by atoms with Crippen LogP contribution in [0.1, 0.15) is 36.0 Å². The molecule has 1 unspecified atom stereocenters. The van der Waals surface area contributed by atoms with Crippen molar-refractivity contribution >= 4 is 17.6 Å². The minimum absolute atomic E-state index is 0.0504. The number of aryl methyl sites for hydroxylation is 2. The number of aliphatic carboxylic acids is 1. The van der Waals surface area contributed by atoms with Gasteiger partial charge in [-0.25, -0.2) is 0 Å². The molecule has 0 aliphatic rings. The van der Waals surface area contributed by atoms with E-state index in [2.05, 4.69) is 11.4 Å². The van der Waals surface area contributed by atoms with Crippen LogP contribution < -0.4 is 5.32 Å². The Labute approximate surface area is 136 Å². The molecule has 23 heavy (non-hydrogen) atoms. The average Bonchev–Trinajstić information content (AvgIpc) is 2.53. The summed E-state index contributed by atoms with van der Waals surface area (Å²) in [6.07, 6.45) is 1.11. The van der Waals surface area contributed by atoms with Crippen molar-refractivity contribution in [1.82, 2.24) is 0 Å². The molecule has 2 aromatic rings. The summed E-state index contributed by atoms with van der Waals surface area (Å²) >= 11 is 0. The van der Waals surface area contributed by atoms with Crippen LogP contribution in [0.2, 0.25) is 0 Å². The highest BCUT2D eigenvalue weighted by Crippen LogP contribution is 2.18. The summed E-state index contributed by atoms with van der Waals surface area (Å²) < 4.78 is 0. The van der Waals surface area contributed by atoms with Gasteiger partial charge >= 0.3 is 5.97 Å². The van der Waals surface area contributed by atoms with Crippen LogP contribution in [0, 0.1) is 6.92 Å². The van der Waals surface area contributed by atoms with Gasteiger partial charge in [-0.3, -0.25) is 9.59 Å². The van der Waals surface area contributed by atoms with Crippen LogP contribution in [0.4, 0.5) is 5.69 Å². The molecule has 0 bridgehead atoms. The van der Waals surface area contributed by atoms with E-state index >= 15 is 0 Å². The zero-order valence-electron chi connectivity index (χ0n) is 13.4. The van der Waals surface area contributed by atoms with E-state index in [0.717, 1.165) is 11.1 Å². The van der Waals surface area contributed by atoms with Gasteiger partial charge in [-0.1, -0.05) is 42.0 Å². The second-order valence-corrected chi connectivity index (χ2v) is 5.72. The van der Waals surface area contributed by atoms with E-state index in [1.807, 2.05) is 25.1 Å². The lowest BCUT2D eigenvalue weighted by molar-refractivity contribution is -0.138. The van der Waals surface area contributed by atoms with E-state index in [0.29, 0.717) is 18.5 Å². The molecule has 0 aliphatic carbocycles. The Hall–Kier alpha value is -2.62. The summed E-state index contributed by atoms with van der Waals surface area (Å²) in [6, 6.07) is 15.1. The maximum atomic E-state index is 12.0. The van der Waals surface area contributed by atoms with Gasteiger partial charge in [-0.2, -0.15) is 0 Å². The third-order valence-corrected chi connectivity index (χ3v) is 3.79. The van der Waals surface area contributed by atoms with E-state index in [1.54, 1.807) is 31.2 Å². The summed E-state index contributed by atoms with van der Waals surface area (Å²) in [7, 11) is 0. The molecular formula is C19H21NO3. The Morgan fingerprint density at radius 1 is 1.13 bits per heavy atom. The molecule has 0 aromatic heterocycles. The second-order valence-electron chi connectivity index (χ2n) is 5.72. The molecule has 2 rings (SSSR count). The predicted molar refractivity (Wildman–Crippen MR) is 90.6 cm³/mol. The van der Waals surface area contributed by atoms with Gasteiger partial charge in [0.15, 0.2) is 0 Å². The minimum atomic E-state index is -0.861. The quantitative estimate of drug-likeness (QED) is 0.853. The largest absolute Gasteiger partial charge is 0.481 e. The first-order chi connectivity index (χ1) is 11.0. The lowest BCUT2D eigenvalue weighted by Crippen LogP contribution is -2.12. The zero-order chi connectivity index (χ0) is 16.8. The van der Waals surface area contributed by atoms with E-state index in [9.17, 15) is 9.59 Å². The van der Waals surface area contributed by atoms with Crippen molar-refractivity contribution in [1.29, 1.82) is 0 Å². The number of benzene rings is 2. The molecule has 0 heterocycles. The molecule has 0 fully saturated rings. The van der Waals surface area contributed by atoms with Crippen LogP contribution in [-0.2, 0) is 16.0 Å². The Balaban J connectivity index is 1.89. The lowest BCUT2D eigenvalue weighted by Gasteiger charge is -2.09. The standard InChI is InChI=1S/C19H21NO3/c1-13-4-3-5-15(12-13)6-11-18(21)20-17-9-7-16(8-10-17)14(2)19(22)23/h3-5,7-10,12,14H,6,11H2,1-2H3,(H,20,21)(H,22,23). The molecule has 1 amide bonds. The zero-order valence-corrected chi connectivity index (χ0v) is 13.4. The molecule has 1 atom stereocenters. The minimum Gasteiger partial charge on any atom is -0.481 e. The fraction of sp³-hybridized carbons (Fsp3) is 0.263. The third-order valence-electron chi connectivity index (χ3n) is 3.79. The van der Waals surface area contributed by atoms with Gasteiger partial charge in [-0.15, -0.1) is 0 Å². The van der Waals surface area contributed by atoms with Gasteiger partial charge in [0, 0.05) is 12.1 Å². The molecule has 2 aromatic carbocycles. The van der Waals surface area contributed by atoms with Gasteiger partial charge in [0.2, 0.25) is 5.91 Å². The molecular weight excluding hydrogens is 290 g/mol. The van der Waals surface area contributed by atoms with Crippen molar-refractivity contribution in [2.45, 2.75) is 32.6 Å². The molecule has 4 nitrogen and oxygen atoms in total. The van der Waals surface area contributed by atoms with Crippen molar-refractivity contribution in [3.05, 3.63) is 65.2 Å². The van der Waals surface area contributed by atoms with Gasteiger partial charge in [0.25, 0.3) is 0 Å². The molecule has 0 radical (unpaired) electrons. The first kappa shape index (κ1) is 16.7.